The predicted octanol–water partition coefficient (Wildman–Crippen LogP) is 2.50. The van der Waals surface area contributed by atoms with E-state index in [1.165, 1.54) is 6.07 Å². The Morgan fingerprint density at radius 2 is 2.08 bits per heavy atom. The highest BCUT2D eigenvalue weighted by Crippen LogP contribution is 2.24. The van der Waals surface area contributed by atoms with Crippen LogP contribution in [0.1, 0.15) is 31.9 Å². The summed E-state index contributed by atoms with van der Waals surface area (Å²) in [7, 11) is 0. The standard InChI is InChI=1S/C15H16FN3O5S/c1-15(2,3)24-14(21)18-11(13(20)25)5-8-4-10(16)9(7-17)6-12(8)19(22)23/h4,6,11H,5H2,1-3H3,(H,18,21)(H,20,25). The number of nitro benzene ring substituents is 1. The number of nitrogens with zero attached hydrogens (tertiary/aromatic N) is 2. The zero-order chi connectivity index (χ0) is 19.4. The Morgan fingerprint density at radius 1 is 1.48 bits per heavy atom. The van der Waals surface area contributed by atoms with E-state index >= 15 is 0 Å². The molecular formula is C15H16FN3O5S. The molecule has 1 unspecified atom stereocenters. The normalized spacial score (nSPS) is 12.0. The SMILES string of the molecule is CC(C)(C)OC(=O)NC(Cc1cc(F)c(C#N)cc1[N+](=O)[O-])C(=O)S. The molecule has 1 amide bonds. The van der Waals surface area contributed by atoms with Crippen molar-refractivity contribution in [3.63, 3.8) is 0 Å². The third-order valence-corrected chi connectivity index (χ3v) is 3.21. The maximum absolute atomic E-state index is 13.8. The molecule has 0 saturated carbocycles. The first-order valence-electron chi connectivity index (χ1n) is 7.04. The van der Waals surface area contributed by atoms with Crippen molar-refractivity contribution in [3.05, 3.63) is 39.2 Å². The van der Waals surface area contributed by atoms with E-state index in [1.807, 2.05) is 0 Å². The third-order valence-electron chi connectivity index (χ3n) is 2.90. The van der Waals surface area contributed by atoms with E-state index in [9.17, 15) is 24.1 Å². The highest BCUT2D eigenvalue weighted by Gasteiger charge is 2.27. The van der Waals surface area contributed by atoms with Crippen LogP contribution in [0.25, 0.3) is 0 Å². The molecule has 10 heteroatoms. The molecule has 0 fully saturated rings. The highest BCUT2D eigenvalue weighted by molar-refractivity contribution is 7.96. The lowest BCUT2D eigenvalue weighted by atomic mass is 10.0. The van der Waals surface area contributed by atoms with Crippen molar-refractivity contribution in [1.82, 2.24) is 5.32 Å². The van der Waals surface area contributed by atoms with Gasteiger partial charge in [-0.05, 0) is 26.8 Å². The number of nitriles is 1. The van der Waals surface area contributed by atoms with Gasteiger partial charge in [0.05, 0.1) is 10.5 Å². The van der Waals surface area contributed by atoms with Crippen LogP contribution in [-0.2, 0) is 16.0 Å². The van der Waals surface area contributed by atoms with E-state index in [4.69, 9.17) is 10.00 Å². The van der Waals surface area contributed by atoms with Gasteiger partial charge in [-0.1, -0.05) is 0 Å². The van der Waals surface area contributed by atoms with Gasteiger partial charge in [-0.2, -0.15) is 5.26 Å². The number of ether oxygens (including phenoxy) is 1. The monoisotopic (exact) mass is 369 g/mol. The fourth-order valence-corrected chi connectivity index (χ4v) is 2.05. The van der Waals surface area contributed by atoms with E-state index in [-0.39, 0.29) is 12.0 Å². The molecule has 0 aliphatic rings. The third kappa shape index (κ3) is 6.04. The summed E-state index contributed by atoms with van der Waals surface area (Å²) in [5.74, 6) is -0.967. The maximum atomic E-state index is 13.8. The molecule has 1 rings (SSSR count). The lowest BCUT2D eigenvalue weighted by Crippen LogP contribution is -2.43. The van der Waals surface area contributed by atoms with Gasteiger partial charge < -0.3 is 10.1 Å². The van der Waals surface area contributed by atoms with Crippen molar-refractivity contribution < 1.29 is 23.6 Å². The average molecular weight is 369 g/mol. The summed E-state index contributed by atoms with van der Waals surface area (Å²) in [6.45, 7) is 4.85. The molecule has 0 saturated heterocycles. The molecule has 0 radical (unpaired) electrons. The van der Waals surface area contributed by atoms with Gasteiger partial charge in [-0.3, -0.25) is 14.9 Å². The first-order valence-corrected chi connectivity index (χ1v) is 7.48. The van der Waals surface area contributed by atoms with Gasteiger partial charge in [0.15, 0.2) is 0 Å². The van der Waals surface area contributed by atoms with Crippen LogP contribution in [0.4, 0.5) is 14.9 Å². The molecule has 1 aromatic carbocycles. The first-order chi connectivity index (χ1) is 11.4. The smallest absolute Gasteiger partial charge is 0.408 e. The Kier molecular flexibility index (Phi) is 6.47. The number of nitro groups is 1. The Hall–Kier alpha value is -2.67. The lowest BCUT2D eigenvalue weighted by Gasteiger charge is -2.22. The summed E-state index contributed by atoms with van der Waals surface area (Å²) < 4.78 is 18.8. The van der Waals surface area contributed by atoms with Crippen molar-refractivity contribution in [2.24, 2.45) is 0 Å². The van der Waals surface area contributed by atoms with Gasteiger partial charge in [0.2, 0.25) is 5.12 Å². The van der Waals surface area contributed by atoms with E-state index < -0.39 is 44.8 Å². The second-order valence-corrected chi connectivity index (χ2v) is 6.51. The van der Waals surface area contributed by atoms with Crippen LogP contribution in [0.15, 0.2) is 12.1 Å². The van der Waals surface area contributed by atoms with Gasteiger partial charge in [-0.15, -0.1) is 12.6 Å². The number of carbonyl (C=O) groups excluding carboxylic acids is 2. The topological polar surface area (TPSA) is 122 Å². The van der Waals surface area contributed by atoms with Crippen LogP contribution in [0.3, 0.4) is 0 Å². The van der Waals surface area contributed by atoms with E-state index in [0.29, 0.717) is 0 Å². The van der Waals surface area contributed by atoms with Gasteiger partial charge in [-0.25, -0.2) is 9.18 Å². The molecule has 0 aliphatic carbocycles. The number of carbonyl (C=O) groups is 2. The number of rotatable bonds is 5. The Bertz CT molecular complexity index is 755. The predicted molar refractivity (Wildman–Crippen MR) is 88.6 cm³/mol. The molecule has 0 bridgehead atoms. The van der Waals surface area contributed by atoms with Crippen LogP contribution in [-0.4, -0.2) is 27.8 Å². The number of hydrogen-bond donors (Lipinski definition) is 2. The van der Waals surface area contributed by atoms with Crippen LogP contribution >= 0.6 is 12.6 Å². The van der Waals surface area contributed by atoms with Crippen molar-refractivity contribution in [3.8, 4) is 6.07 Å². The second kappa shape index (κ2) is 7.94. The summed E-state index contributed by atoms with van der Waals surface area (Å²) in [5, 5.41) is 21.3. The summed E-state index contributed by atoms with van der Waals surface area (Å²) in [6.07, 6.45) is -1.31. The van der Waals surface area contributed by atoms with Crippen molar-refractivity contribution in [2.45, 2.75) is 38.8 Å². The molecule has 0 aliphatic heterocycles. The quantitative estimate of drug-likeness (QED) is 0.467. The largest absolute Gasteiger partial charge is 0.444 e. The Labute approximate surface area is 148 Å². The summed E-state index contributed by atoms with van der Waals surface area (Å²) in [4.78, 5) is 33.7. The summed E-state index contributed by atoms with van der Waals surface area (Å²) in [5.41, 5.74) is -2.02. The molecule has 0 heterocycles. The van der Waals surface area contributed by atoms with Crippen LogP contribution in [0.5, 0.6) is 0 Å². The van der Waals surface area contributed by atoms with Crippen LogP contribution in [0, 0.1) is 27.3 Å². The molecule has 25 heavy (non-hydrogen) atoms. The van der Waals surface area contributed by atoms with Gasteiger partial charge in [0, 0.05) is 18.1 Å². The maximum Gasteiger partial charge on any atom is 0.408 e. The molecule has 1 atom stereocenters. The Balaban J connectivity index is 3.12. The van der Waals surface area contributed by atoms with E-state index in [2.05, 4.69) is 17.9 Å². The average Bonchev–Trinajstić information content (AvgIpc) is 2.44. The minimum Gasteiger partial charge on any atom is -0.444 e. The molecule has 1 aromatic rings. The molecule has 8 nitrogen and oxygen atoms in total. The second-order valence-electron chi connectivity index (χ2n) is 6.07. The molecule has 0 aromatic heterocycles. The fourth-order valence-electron chi connectivity index (χ4n) is 1.89. The minimum atomic E-state index is -1.27. The molecular weight excluding hydrogens is 353 g/mol. The number of alkyl carbamates (subject to hydrolysis) is 1. The summed E-state index contributed by atoms with van der Waals surface area (Å²) in [6, 6.07) is 1.79. The van der Waals surface area contributed by atoms with E-state index in [0.717, 1.165) is 12.1 Å². The van der Waals surface area contributed by atoms with E-state index in [1.54, 1.807) is 20.8 Å². The lowest BCUT2D eigenvalue weighted by molar-refractivity contribution is -0.385. The zero-order valence-corrected chi connectivity index (χ0v) is 14.6. The molecule has 1 N–H and O–H groups in total. The van der Waals surface area contributed by atoms with Crippen molar-refractivity contribution >= 4 is 29.5 Å². The molecule has 134 valence electrons. The fraction of sp³-hybridized carbons (Fsp3) is 0.400. The highest BCUT2D eigenvalue weighted by atomic mass is 32.1. The van der Waals surface area contributed by atoms with Crippen molar-refractivity contribution in [1.29, 1.82) is 5.26 Å². The number of halogens is 1. The Morgan fingerprint density at radius 3 is 2.52 bits per heavy atom. The van der Waals surface area contributed by atoms with Crippen molar-refractivity contribution in [2.75, 3.05) is 0 Å². The van der Waals surface area contributed by atoms with Crippen LogP contribution < -0.4 is 5.32 Å². The number of amides is 1. The summed E-state index contributed by atoms with van der Waals surface area (Å²) >= 11 is 3.63. The molecule has 0 spiro atoms. The zero-order valence-electron chi connectivity index (χ0n) is 13.7. The number of benzene rings is 1. The number of nitrogens with one attached hydrogen (secondary N) is 1. The van der Waals surface area contributed by atoms with Crippen LogP contribution in [0.2, 0.25) is 0 Å². The minimum absolute atomic E-state index is 0.162. The number of hydrogen-bond acceptors (Lipinski definition) is 6. The number of thiol groups is 1. The van der Waals surface area contributed by atoms with Gasteiger partial charge >= 0.3 is 6.09 Å². The van der Waals surface area contributed by atoms with Gasteiger partial charge in [0.1, 0.15) is 23.5 Å². The first kappa shape index (κ1) is 20.4. The van der Waals surface area contributed by atoms with Gasteiger partial charge in [0.25, 0.3) is 5.69 Å².